The normalized spacial score (nSPS) is 13.8. The molecule has 164 valence electrons. The maximum absolute atomic E-state index is 12.2. The molecule has 1 fully saturated rings. The number of hydrogen-bond acceptors (Lipinski definition) is 3. The van der Waals surface area contributed by atoms with Crippen LogP contribution in [0.2, 0.25) is 0 Å². The van der Waals surface area contributed by atoms with E-state index in [-0.39, 0.29) is 17.7 Å². The molecule has 1 saturated carbocycles. The van der Waals surface area contributed by atoms with E-state index in [9.17, 15) is 9.59 Å². The first-order valence-electron chi connectivity index (χ1n) is 10.6. The van der Waals surface area contributed by atoms with Crippen LogP contribution in [0.1, 0.15) is 40.7 Å². The average Bonchev–Trinajstić information content (AvgIpc) is 2.72. The Morgan fingerprint density at radius 3 is 2.26 bits per heavy atom. The molecule has 1 aliphatic carbocycles. The van der Waals surface area contributed by atoms with Crippen molar-refractivity contribution in [1.82, 2.24) is 15.5 Å². The van der Waals surface area contributed by atoms with Crippen molar-refractivity contribution in [3.05, 3.63) is 65.2 Å². The van der Waals surface area contributed by atoms with Crippen molar-refractivity contribution in [2.24, 2.45) is 10.9 Å². The standard InChI is InChI=1S/C24H31N5O2/c1-25-24(26-15-17-10-12-20(13-11-17)23(31)29(2)3)27-16-18-6-4-9-21(14-18)28-22(30)19-7-5-8-19/h4,6,9-14,19H,5,7-8,15-16H2,1-3H3,(H,28,30)(H2,25,26,27). The summed E-state index contributed by atoms with van der Waals surface area (Å²) in [6, 6.07) is 15.4. The summed E-state index contributed by atoms with van der Waals surface area (Å²) in [6.45, 7) is 1.18. The number of nitrogens with zero attached hydrogens (tertiary/aromatic N) is 2. The number of hydrogen-bond donors (Lipinski definition) is 3. The van der Waals surface area contributed by atoms with Gasteiger partial charge in [-0.05, 0) is 48.2 Å². The van der Waals surface area contributed by atoms with Crippen LogP contribution in [0.15, 0.2) is 53.5 Å². The molecule has 0 aromatic heterocycles. The molecule has 0 heterocycles. The number of rotatable bonds is 7. The molecule has 2 aromatic carbocycles. The van der Waals surface area contributed by atoms with E-state index in [4.69, 9.17) is 0 Å². The van der Waals surface area contributed by atoms with Gasteiger partial charge in [0.1, 0.15) is 0 Å². The Balaban J connectivity index is 1.48. The van der Waals surface area contributed by atoms with Crippen molar-refractivity contribution >= 4 is 23.5 Å². The van der Waals surface area contributed by atoms with Crippen LogP contribution in [0.25, 0.3) is 0 Å². The number of amides is 2. The molecule has 31 heavy (non-hydrogen) atoms. The van der Waals surface area contributed by atoms with Gasteiger partial charge in [0, 0.05) is 51.4 Å². The van der Waals surface area contributed by atoms with Gasteiger partial charge in [-0.3, -0.25) is 14.6 Å². The maximum atomic E-state index is 12.2. The zero-order valence-corrected chi connectivity index (χ0v) is 18.4. The highest BCUT2D eigenvalue weighted by atomic mass is 16.2. The lowest BCUT2D eigenvalue weighted by Gasteiger charge is -2.24. The Bertz CT molecular complexity index is 933. The first kappa shape index (κ1) is 22.3. The highest BCUT2D eigenvalue weighted by Gasteiger charge is 2.25. The number of anilines is 1. The summed E-state index contributed by atoms with van der Waals surface area (Å²) in [6.07, 6.45) is 3.13. The monoisotopic (exact) mass is 421 g/mol. The molecular weight excluding hydrogens is 390 g/mol. The molecule has 3 N–H and O–H groups in total. The quantitative estimate of drug-likeness (QED) is 0.474. The summed E-state index contributed by atoms with van der Waals surface area (Å²) in [5.74, 6) is 0.951. The zero-order chi connectivity index (χ0) is 22.2. The lowest BCUT2D eigenvalue weighted by Crippen LogP contribution is -2.36. The second-order valence-electron chi connectivity index (χ2n) is 7.99. The molecule has 0 atom stereocenters. The third kappa shape index (κ3) is 6.31. The molecular formula is C24H31N5O2. The van der Waals surface area contributed by atoms with Crippen LogP contribution in [0.4, 0.5) is 5.69 Å². The summed E-state index contributed by atoms with van der Waals surface area (Å²) in [4.78, 5) is 30.0. The van der Waals surface area contributed by atoms with Gasteiger partial charge < -0.3 is 20.9 Å². The summed E-state index contributed by atoms with van der Waals surface area (Å²) in [5, 5.41) is 9.58. The molecule has 0 unspecified atom stereocenters. The molecule has 0 bridgehead atoms. The van der Waals surface area contributed by atoms with E-state index in [0.717, 1.165) is 36.1 Å². The molecule has 2 amide bonds. The number of carbonyl (C=O) groups is 2. The molecule has 1 aliphatic rings. The van der Waals surface area contributed by atoms with Crippen molar-refractivity contribution in [1.29, 1.82) is 0 Å². The van der Waals surface area contributed by atoms with Crippen LogP contribution in [0.3, 0.4) is 0 Å². The maximum Gasteiger partial charge on any atom is 0.253 e. The number of guanidine groups is 1. The van der Waals surface area contributed by atoms with E-state index in [0.29, 0.717) is 24.6 Å². The van der Waals surface area contributed by atoms with Gasteiger partial charge in [-0.2, -0.15) is 0 Å². The number of carbonyl (C=O) groups excluding carboxylic acids is 2. The van der Waals surface area contributed by atoms with Gasteiger partial charge in [0.2, 0.25) is 5.91 Å². The van der Waals surface area contributed by atoms with Crippen molar-refractivity contribution in [3.8, 4) is 0 Å². The minimum absolute atomic E-state index is 0.0110. The van der Waals surface area contributed by atoms with Gasteiger partial charge in [0.25, 0.3) is 5.91 Å². The number of benzene rings is 2. The first-order chi connectivity index (χ1) is 15.0. The van der Waals surface area contributed by atoms with E-state index in [1.807, 2.05) is 48.5 Å². The fraction of sp³-hybridized carbons (Fsp3) is 0.375. The molecule has 0 spiro atoms. The lowest BCUT2D eigenvalue weighted by molar-refractivity contribution is -0.122. The third-order valence-corrected chi connectivity index (χ3v) is 5.42. The lowest BCUT2D eigenvalue weighted by atomic mass is 9.85. The van der Waals surface area contributed by atoms with Gasteiger partial charge in [0.15, 0.2) is 5.96 Å². The van der Waals surface area contributed by atoms with Crippen LogP contribution in [-0.2, 0) is 17.9 Å². The number of nitrogens with one attached hydrogen (secondary N) is 3. The highest BCUT2D eigenvalue weighted by Crippen LogP contribution is 2.27. The molecule has 0 aliphatic heterocycles. The topological polar surface area (TPSA) is 85.8 Å². The Labute approximate surface area is 183 Å². The second-order valence-corrected chi connectivity index (χ2v) is 7.99. The molecule has 0 saturated heterocycles. The minimum atomic E-state index is -0.0110. The van der Waals surface area contributed by atoms with Crippen LogP contribution in [0, 0.1) is 5.92 Å². The van der Waals surface area contributed by atoms with Crippen LogP contribution in [-0.4, -0.2) is 43.8 Å². The van der Waals surface area contributed by atoms with Gasteiger partial charge in [-0.15, -0.1) is 0 Å². The molecule has 3 rings (SSSR count). The van der Waals surface area contributed by atoms with E-state index < -0.39 is 0 Å². The van der Waals surface area contributed by atoms with Crippen molar-refractivity contribution < 1.29 is 9.59 Å². The Hall–Kier alpha value is -3.35. The largest absolute Gasteiger partial charge is 0.352 e. The zero-order valence-electron chi connectivity index (χ0n) is 18.4. The summed E-state index contributed by atoms with van der Waals surface area (Å²) >= 11 is 0. The van der Waals surface area contributed by atoms with E-state index in [2.05, 4.69) is 20.9 Å². The van der Waals surface area contributed by atoms with Crippen molar-refractivity contribution in [2.45, 2.75) is 32.4 Å². The predicted octanol–water partition coefficient (Wildman–Crippen LogP) is 2.99. The highest BCUT2D eigenvalue weighted by molar-refractivity contribution is 5.94. The molecule has 7 nitrogen and oxygen atoms in total. The number of aliphatic imine (C=N–C) groups is 1. The summed E-state index contributed by atoms with van der Waals surface area (Å²) < 4.78 is 0. The summed E-state index contributed by atoms with van der Waals surface area (Å²) in [5.41, 5.74) is 3.60. The van der Waals surface area contributed by atoms with Gasteiger partial charge in [-0.1, -0.05) is 30.7 Å². The average molecular weight is 422 g/mol. The van der Waals surface area contributed by atoms with Gasteiger partial charge in [0.05, 0.1) is 0 Å². The van der Waals surface area contributed by atoms with Crippen molar-refractivity contribution in [2.75, 3.05) is 26.5 Å². The van der Waals surface area contributed by atoms with Crippen LogP contribution >= 0.6 is 0 Å². The predicted molar refractivity (Wildman–Crippen MR) is 124 cm³/mol. The van der Waals surface area contributed by atoms with E-state index >= 15 is 0 Å². The van der Waals surface area contributed by atoms with Crippen molar-refractivity contribution in [3.63, 3.8) is 0 Å². The molecule has 7 heteroatoms. The van der Waals surface area contributed by atoms with Gasteiger partial charge in [-0.25, -0.2) is 0 Å². The van der Waals surface area contributed by atoms with E-state index in [1.165, 1.54) is 0 Å². The second kappa shape index (κ2) is 10.6. The minimum Gasteiger partial charge on any atom is -0.352 e. The fourth-order valence-electron chi connectivity index (χ4n) is 3.29. The summed E-state index contributed by atoms with van der Waals surface area (Å²) in [7, 11) is 5.21. The Kier molecular flexibility index (Phi) is 7.65. The smallest absolute Gasteiger partial charge is 0.253 e. The third-order valence-electron chi connectivity index (χ3n) is 5.42. The Morgan fingerprint density at radius 1 is 1.00 bits per heavy atom. The van der Waals surface area contributed by atoms with E-state index in [1.54, 1.807) is 26.0 Å². The fourth-order valence-corrected chi connectivity index (χ4v) is 3.29. The first-order valence-corrected chi connectivity index (χ1v) is 10.6. The molecule has 2 aromatic rings. The molecule has 0 radical (unpaired) electrons. The van der Waals surface area contributed by atoms with Gasteiger partial charge >= 0.3 is 0 Å². The SMILES string of the molecule is CN=C(NCc1ccc(C(=O)N(C)C)cc1)NCc1cccc(NC(=O)C2CCC2)c1. The van der Waals surface area contributed by atoms with Crippen LogP contribution in [0.5, 0.6) is 0 Å². The Morgan fingerprint density at radius 2 is 1.68 bits per heavy atom. The van der Waals surface area contributed by atoms with Crippen LogP contribution < -0.4 is 16.0 Å².